The Morgan fingerprint density at radius 3 is 3.08 bits per heavy atom. The Hall–Kier alpha value is -1.36. The fourth-order valence-electron chi connectivity index (χ4n) is 1.45. The van der Waals surface area contributed by atoms with Gasteiger partial charge in [-0.15, -0.1) is 0 Å². The van der Waals surface area contributed by atoms with E-state index in [0.29, 0.717) is 12.2 Å². The first-order valence-corrected chi connectivity index (χ1v) is 4.24. The zero-order chi connectivity index (χ0) is 9.42. The lowest BCUT2D eigenvalue weighted by Crippen LogP contribution is -2.37. The Morgan fingerprint density at radius 1 is 1.62 bits per heavy atom. The van der Waals surface area contributed by atoms with E-state index in [1.54, 1.807) is 22.7 Å². The van der Waals surface area contributed by atoms with Gasteiger partial charge < -0.3 is 10.6 Å². The van der Waals surface area contributed by atoms with Gasteiger partial charge in [-0.3, -0.25) is 9.48 Å². The first-order chi connectivity index (χ1) is 6.22. The van der Waals surface area contributed by atoms with Crippen LogP contribution in [0.1, 0.15) is 16.2 Å². The summed E-state index contributed by atoms with van der Waals surface area (Å²) < 4.78 is 1.73. The molecule has 0 aliphatic carbocycles. The van der Waals surface area contributed by atoms with E-state index in [2.05, 4.69) is 5.10 Å². The third kappa shape index (κ3) is 1.21. The maximum Gasteiger partial charge on any atom is 0.271 e. The minimum absolute atomic E-state index is 0.0263. The first kappa shape index (κ1) is 8.25. The van der Waals surface area contributed by atoms with E-state index in [-0.39, 0.29) is 5.91 Å². The summed E-state index contributed by atoms with van der Waals surface area (Å²) in [4.78, 5) is 13.3. The molecule has 1 aromatic heterocycles. The number of rotatable bonds is 1. The van der Waals surface area contributed by atoms with Crippen molar-refractivity contribution in [2.24, 2.45) is 5.73 Å². The maximum absolute atomic E-state index is 11.6. The van der Waals surface area contributed by atoms with Crippen LogP contribution in [0.25, 0.3) is 0 Å². The van der Waals surface area contributed by atoms with E-state index in [9.17, 15) is 4.79 Å². The van der Waals surface area contributed by atoms with E-state index in [0.717, 1.165) is 18.8 Å². The molecular weight excluding hydrogens is 168 g/mol. The molecule has 0 atom stereocenters. The molecule has 70 valence electrons. The minimum Gasteiger partial charge on any atom is -0.339 e. The summed E-state index contributed by atoms with van der Waals surface area (Å²) in [6.45, 7) is 1.87. The number of likely N-dealkylation sites (N-methyl/N-ethyl adjacent to an activating group) is 1. The maximum atomic E-state index is 11.6. The highest BCUT2D eigenvalue weighted by atomic mass is 16.2. The van der Waals surface area contributed by atoms with Crippen molar-refractivity contribution in [2.75, 3.05) is 13.6 Å². The second kappa shape index (κ2) is 2.85. The number of carbonyl (C=O) groups excluding carboxylic acids is 1. The molecule has 1 amide bonds. The third-order valence-corrected chi connectivity index (χ3v) is 2.25. The molecule has 0 fully saturated rings. The van der Waals surface area contributed by atoms with Crippen molar-refractivity contribution in [3.05, 3.63) is 17.5 Å². The molecule has 0 bridgehead atoms. The molecule has 2 N–H and O–H groups in total. The van der Waals surface area contributed by atoms with Gasteiger partial charge in [-0.05, 0) is 6.07 Å². The summed E-state index contributed by atoms with van der Waals surface area (Å²) in [7, 11) is 1.79. The monoisotopic (exact) mass is 180 g/mol. The highest BCUT2D eigenvalue weighted by Crippen LogP contribution is 2.11. The summed E-state index contributed by atoms with van der Waals surface area (Å²) >= 11 is 0. The molecule has 1 aromatic rings. The van der Waals surface area contributed by atoms with Gasteiger partial charge in [0.1, 0.15) is 5.69 Å². The molecule has 5 heteroatoms. The van der Waals surface area contributed by atoms with Gasteiger partial charge in [-0.1, -0.05) is 0 Å². The van der Waals surface area contributed by atoms with Crippen LogP contribution >= 0.6 is 0 Å². The molecule has 0 saturated carbocycles. The average molecular weight is 180 g/mol. The number of hydrogen-bond acceptors (Lipinski definition) is 3. The van der Waals surface area contributed by atoms with Crippen LogP contribution in [0.4, 0.5) is 0 Å². The van der Waals surface area contributed by atoms with Crippen molar-refractivity contribution in [1.29, 1.82) is 0 Å². The largest absolute Gasteiger partial charge is 0.339 e. The predicted molar refractivity (Wildman–Crippen MR) is 47.1 cm³/mol. The predicted octanol–water partition coefficient (Wildman–Crippen LogP) is -0.573. The quantitative estimate of drug-likeness (QED) is 0.629. The van der Waals surface area contributed by atoms with Gasteiger partial charge in [0.2, 0.25) is 0 Å². The number of hydrogen-bond donors (Lipinski definition) is 1. The van der Waals surface area contributed by atoms with E-state index in [1.165, 1.54) is 0 Å². The standard InChI is InChI=1S/C8H12N4O/c1-11-2-3-12-7(8(11)13)4-6(5-9)10-12/h4H,2-3,5,9H2,1H3. The van der Waals surface area contributed by atoms with Gasteiger partial charge in [0.05, 0.1) is 12.2 Å². The normalized spacial score (nSPS) is 16.2. The Balaban J connectivity index is 2.42. The van der Waals surface area contributed by atoms with Crippen molar-refractivity contribution in [2.45, 2.75) is 13.1 Å². The van der Waals surface area contributed by atoms with Crippen LogP contribution in [-0.4, -0.2) is 34.2 Å². The van der Waals surface area contributed by atoms with Crippen molar-refractivity contribution in [3.63, 3.8) is 0 Å². The van der Waals surface area contributed by atoms with Crippen LogP contribution in [0.15, 0.2) is 6.07 Å². The summed E-state index contributed by atoms with van der Waals surface area (Å²) in [6, 6.07) is 1.76. The zero-order valence-electron chi connectivity index (χ0n) is 7.53. The van der Waals surface area contributed by atoms with Crippen molar-refractivity contribution >= 4 is 5.91 Å². The SMILES string of the molecule is CN1CCn2nc(CN)cc2C1=O. The van der Waals surface area contributed by atoms with Crippen LogP contribution < -0.4 is 5.73 Å². The fourth-order valence-corrected chi connectivity index (χ4v) is 1.45. The fraction of sp³-hybridized carbons (Fsp3) is 0.500. The van der Waals surface area contributed by atoms with Gasteiger partial charge >= 0.3 is 0 Å². The Kier molecular flexibility index (Phi) is 1.81. The number of amides is 1. The molecule has 0 spiro atoms. The number of nitrogens with two attached hydrogens (primary N) is 1. The van der Waals surface area contributed by atoms with Gasteiger partial charge in [0.25, 0.3) is 5.91 Å². The van der Waals surface area contributed by atoms with E-state index in [1.807, 2.05) is 0 Å². The van der Waals surface area contributed by atoms with Crippen LogP contribution in [0.2, 0.25) is 0 Å². The van der Waals surface area contributed by atoms with Gasteiger partial charge in [-0.25, -0.2) is 0 Å². The molecule has 0 aromatic carbocycles. The molecule has 1 aliphatic heterocycles. The topological polar surface area (TPSA) is 64.2 Å². The smallest absolute Gasteiger partial charge is 0.271 e. The Morgan fingerprint density at radius 2 is 2.38 bits per heavy atom. The molecule has 5 nitrogen and oxygen atoms in total. The van der Waals surface area contributed by atoms with E-state index < -0.39 is 0 Å². The second-order valence-corrected chi connectivity index (χ2v) is 3.17. The van der Waals surface area contributed by atoms with Crippen LogP contribution in [-0.2, 0) is 13.1 Å². The summed E-state index contributed by atoms with van der Waals surface area (Å²) in [6.07, 6.45) is 0. The summed E-state index contributed by atoms with van der Waals surface area (Å²) in [5.41, 5.74) is 6.87. The third-order valence-electron chi connectivity index (χ3n) is 2.25. The average Bonchev–Trinajstić information content (AvgIpc) is 2.55. The molecule has 13 heavy (non-hydrogen) atoms. The molecule has 0 radical (unpaired) electrons. The molecule has 2 rings (SSSR count). The first-order valence-electron chi connectivity index (χ1n) is 4.24. The van der Waals surface area contributed by atoms with Crippen molar-refractivity contribution < 1.29 is 4.79 Å². The summed E-state index contributed by atoms with van der Waals surface area (Å²) in [5.74, 6) is 0.0263. The lowest BCUT2D eigenvalue weighted by atomic mass is 10.3. The lowest BCUT2D eigenvalue weighted by molar-refractivity contribution is 0.0743. The minimum atomic E-state index is 0.0263. The summed E-state index contributed by atoms with van der Waals surface area (Å²) in [5, 5.41) is 4.20. The zero-order valence-corrected chi connectivity index (χ0v) is 7.53. The number of fused-ring (bicyclic) bond motifs is 1. The highest BCUT2D eigenvalue weighted by molar-refractivity contribution is 5.93. The highest BCUT2D eigenvalue weighted by Gasteiger charge is 2.22. The van der Waals surface area contributed by atoms with Gasteiger partial charge in [0.15, 0.2) is 0 Å². The van der Waals surface area contributed by atoms with Crippen LogP contribution in [0.3, 0.4) is 0 Å². The van der Waals surface area contributed by atoms with Crippen molar-refractivity contribution in [3.8, 4) is 0 Å². The second-order valence-electron chi connectivity index (χ2n) is 3.17. The van der Waals surface area contributed by atoms with Crippen LogP contribution in [0.5, 0.6) is 0 Å². The van der Waals surface area contributed by atoms with Gasteiger partial charge in [-0.2, -0.15) is 5.10 Å². The van der Waals surface area contributed by atoms with E-state index in [4.69, 9.17) is 5.73 Å². The van der Waals surface area contributed by atoms with Crippen LogP contribution in [0, 0.1) is 0 Å². The van der Waals surface area contributed by atoms with E-state index >= 15 is 0 Å². The van der Waals surface area contributed by atoms with Crippen molar-refractivity contribution in [1.82, 2.24) is 14.7 Å². The number of aromatic nitrogens is 2. The number of nitrogens with zero attached hydrogens (tertiary/aromatic N) is 3. The molecule has 0 saturated heterocycles. The number of carbonyl (C=O) groups is 1. The Labute approximate surface area is 76.1 Å². The molecule has 0 unspecified atom stereocenters. The molecular formula is C8H12N4O. The lowest BCUT2D eigenvalue weighted by Gasteiger charge is -2.22. The molecule has 2 heterocycles. The van der Waals surface area contributed by atoms with Gasteiger partial charge in [0, 0.05) is 20.1 Å². The molecule has 1 aliphatic rings. The Bertz CT molecular complexity index is 344.